The number of para-hydroxylation sites is 2. The number of piperidine rings is 1. The van der Waals surface area contributed by atoms with Crippen molar-refractivity contribution in [2.45, 2.75) is 32.1 Å². The summed E-state index contributed by atoms with van der Waals surface area (Å²) in [5.74, 6) is 0.655. The quantitative estimate of drug-likeness (QED) is 0.412. The Morgan fingerprint density at radius 2 is 1.91 bits per heavy atom. The number of fused-ring (bicyclic) bond motifs is 2. The van der Waals surface area contributed by atoms with Crippen LogP contribution in [-0.2, 0) is 24.1 Å². The first kappa shape index (κ1) is 21.5. The van der Waals surface area contributed by atoms with E-state index in [0.29, 0.717) is 49.9 Å². The summed E-state index contributed by atoms with van der Waals surface area (Å²) in [5, 5.41) is 3.56. The van der Waals surface area contributed by atoms with E-state index < -0.39 is 11.7 Å². The van der Waals surface area contributed by atoms with Crippen LogP contribution in [-0.4, -0.2) is 38.8 Å². The number of rotatable bonds is 5. The van der Waals surface area contributed by atoms with Crippen molar-refractivity contribution in [3.8, 4) is 0 Å². The van der Waals surface area contributed by atoms with Crippen LogP contribution >= 0.6 is 0 Å². The molecule has 3 N–H and O–H groups in total. The van der Waals surface area contributed by atoms with Crippen molar-refractivity contribution in [1.29, 1.82) is 0 Å². The third kappa shape index (κ3) is 4.59. The molecule has 1 aliphatic heterocycles. The summed E-state index contributed by atoms with van der Waals surface area (Å²) in [6.07, 6.45) is -1.17. The molecule has 1 fully saturated rings. The lowest BCUT2D eigenvalue weighted by molar-refractivity contribution is -0.137. The summed E-state index contributed by atoms with van der Waals surface area (Å²) in [6, 6.07) is 11.5. The number of halogens is 3. The molecular formula is C24H24F3N5O. The number of imidazole rings is 1. The molecule has 4 aromatic rings. The second-order valence-corrected chi connectivity index (χ2v) is 8.54. The molecule has 0 spiro atoms. The number of nitrogens with one attached hydrogen (secondary N) is 3. The standard InChI is InChI=1S/C24H24F3N5O/c25-24(26,27)17-5-6-19-18(11-17)16(12-28-19)14-32-9-7-15(8-10-32)23(33)29-13-22-30-20-3-1-2-4-21(20)31-22/h1-6,11-12,15,28H,7-10,13-14H2,(H,29,33)(H,30,31). The first-order valence-electron chi connectivity index (χ1n) is 11.0. The van der Waals surface area contributed by atoms with Crippen LogP contribution in [0.4, 0.5) is 13.2 Å². The zero-order valence-corrected chi connectivity index (χ0v) is 17.9. The van der Waals surface area contributed by atoms with Crippen LogP contribution in [0.1, 0.15) is 29.8 Å². The second-order valence-electron chi connectivity index (χ2n) is 8.54. The largest absolute Gasteiger partial charge is 0.416 e. The Kier molecular flexibility index (Phi) is 5.57. The molecule has 3 heterocycles. The molecule has 2 aromatic heterocycles. The lowest BCUT2D eigenvalue weighted by atomic mass is 9.95. The number of aromatic amines is 2. The molecule has 0 atom stereocenters. The van der Waals surface area contributed by atoms with Gasteiger partial charge in [0.15, 0.2) is 0 Å². The molecule has 0 radical (unpaired) electrons. The molecule has 9 heteroatoms. The summed E-state index contributed by atoms with van der Waals surface area (Å²) in [4.78, 5) is 25.6. The van der Waals surface area contributed by atoms with Gasteiger partial charge in [0.2, 0.25) is 5.91 Å². The van der Waals surface area contributed by atoms with E-state index in [-0.39, 0.29) is 11.8 Å². The number of hydrogen-bond donors (Lipinski definition) is 3. The number of H-pyrrole nitrogens is 2. The van der Waals surface area contributed by atoms with Gasteiger partial charge < -0.3 is 15.3 Å². The van der Waals surface area contributed by atoms with E-state index in [1.807, 2.05) is 24.3 Å². The van der Waals surface area contributed by atoms with Gasteiger partial charge in [-0.25, -0.2) is 4.98 Å². The summed E-state index contributed by atoms with van der Waals surface area (Å²) in [6.45, 7) is 2.34. The van der Waals surface area contributed by atoms with Crippen LogP contribution in [0.3, 0.4) is 0 Å². The van der Waals surface area contributed by atoms with E-state index in [4.69, 9.17) is 0 Å². The highest BCUT2D eigenvalue weighted by molar-refractivity contribution is 5.84. The van der Waals surface area contributed by atoms with Gasteiger partial charge in [-0.3, -0.25) is 9.69 Å². The van der Waals surface area contributed by atoms with Gasteiger partial charge in [-0.2, -0.15) is 13.2 Å². The van der Waals surface area contributed by atoms with Gasteiger partial charge in [0.1, 0.15) is 5.82 Å². The van der Waals surface area contributed by atoms with Gasteiger partial charge in [-0.1, -0.05) is 12.1 Å². The summed E-state index contributed by atoms with van der Waals surface area (Å²) in [7, 11) is 0. The van der Waals surface area contributed by atoms with Crippen molar-refractivity contribution in [2.24, 2.45) is 5.92 Å². The van der Waals surface area contributed by atoms with Gasteiger partial charge in [-0.15, -0.1) is 0 Å². The zero-order chi connectivity index (χ0) is 23.0. The molecule has 0 bridgehead atoms. The predicted molar refractivity (Wildman–Crippen MR) is 119 cm³/mol. The number of alkyl halides is 3. The summed E-state index contributed by atoms with van der Waals surface area (Å²) >= 11 is 0. The van der Waals surface area contributed by atoms with Crippen LogP contribution < -0.4 is 5.32 Å². The molecule has 5 rings (SSSR count). The average Bonchev–Trinajstić information content (AvgIpc) is 3.41. The highest BCUT2D eigenvalue weighted by Gasteiger charge is 2.31. The van der Waals surface area contributed by atoms with Crippen LogP contribution in [0, 0.1) is 5.92 Å². The molecule has 33 heavy (non-hydrogen) atoms. The molecule has 2 aromatic carbocycles. The first-order chi connectivity index (χ1) is 15.9. The lowest BCUT2D eigenvalue weighted by Crippen LogP contribution is -2.40. The predicted octanol–water partition coefficient (Wildman–Crippen LogP) is 4.59. The Morgan fingerprint density at radius 3 is 2.67 bits per heavy atom. The number of carbonyl (C=O) groups is 1. The third-order valence-corrected chi connectivity index (χ3v) is 6.32. The van der Waals surface area contributed by atoms with Crippen molar-refractivity contribution in [3.63, 3.8) is 0 Å². The SMILES string of the molecule is O=C(NCc1nc2ccccc2[nH]1)C1CCN(Cc2c[nH]c3ccc(C(F)(F)F)cc23)CC1. The highest BCUT2D eigenvalue weighted by Crippen LogP contribution is 2.33. The maximum Gasteiger partial charge on any atom is 0.416 e. The molecule has 1 saturated heterocycles. The van der Waals surface area contributed by atoms with Crippen LogP contribution in [0.5, 0.6) is 0 Å². The van der Waals surface area contributed by atoms with E-state index in [0.717, 1.165) is 28.5 Å². The Balaban J connectivity index is 1.16. The van der Waals surface area contributed by atoms with Gasteiger partial charge >= 0.3 is 6.18 Å². The van der Waals surface area contributed by atoms with Crippen molar-refractivity contribution in [1.82, 2.24) is 25.2 Å². The fourth-order valence-corrected chi connectivity index (χ4v) is 4.48. The fourth-order valence-electron chi connectivity index (χ4n) is 4.48. The number of hydrogen-bond acceptors (Lipinski definition) is 3. The first-order valence-corrected chi connectivity index (χ1v) is 11.0. The zero-order valence-electron chi connectivity index (χ0n) is 17.9. The third-order valence-electron chi connectivity index (χ3n) is 6.32. The van der Waals surface area contributed by atoms with Gasteiger partial charge in [0.25, 0.3) is 0 Å². The number of nitrogens with zero attached hydrogens (tertiary/aromatic N) is 2. The van der Waals surface area contributed by atoms with E-state index in [9.17, 15) is 18.0 Å². The number of likely N-dealkylation sites (tertiary alicyclic amines) is 1. The molecule has 0 unspecified atom stereocenters. The minimum atomic E-state index is -4.36. The molecule has 0 saturated carbocycles. The van der Waals surface area contributed by atoms with E-state index in [1.54, 1.807) is 6.20 Å². The Morgan fingerprint density at radius 1 is 1.12 bits per heavy atom. The van der Waals surface area contributed by atoms with Crippen molar-refractivity contribution in [3.05, 3.63) is 65.6 Å². The monoisotopic (exact) mass is 455 g/mol. The van der Waals surface area contributed by atoms with Crippen molar-refractivity contribution >= 4 is 27.8 Å². The van der Waals surface area contributed by atoms with E-state index in [2.05, 4.69) is 25.2 Å². The molecule has 0 aliphatic carbocycles. The van der Waals surface area contributed by atoms with Gasteiger partial charge in [-0.05, 0) is 61.8 Å². The number of aromatic nitrogens is 3. The minimum Gasteiger partial charge on any atom is -0.361 e. The van der Waals surface area contributed by atoms with Crippen molar-refractivity contribution < 1.29 is 18.0 Å². The Hall–Kier alpha value is -3.33. The van der Waals surface area contributed by atoms with Crippen LogP contribution in [0.15, 0.2) is 48.7 Å². The summed E-state index contributed by atoms with van der Waals surface area (Å²) in [5.41, 5.74) is 2.70. The van der Waals surface area contributed by atoms with Crippen LogP contribution in [0.2, 0.25) is 0 Å². The maximum atomic E-state index is 13.1. The van der Waals surface area contributed by atoms with Crippen LogP contribution in [0.25, 0.3) is 21.9 Å². The maximum absolute atomic E-state index is 13.1. The summed E-state index contributed by atoms with van der Waals surface area (Å²) < 4.78 is 39.3. The Labute approximate surface area is 188 Å². The number of amides is 1. The van der Waals surface area contributed by atoms with E-state index in [1.165, 1.54) is 12.1 Å². The lowest BCUT2D eigenvalue weighted by Gasteiger charge is -2.31. The molecule has 1 aliphatic rings. The highest BCUT2D eigenvalue weighted by atomic mass is 19.4. The van der Waals surface area contributed by atoms with Gasteiger partial charge in [0, 0.05) is 29.6 Å². The van der Waals surface area contributed by atoms with Crippen molar-refractivity contribution in [2.75, 3.05) is 13.1 Å². The molecule has 6 nitrogen and oxygen atoms in total. The number of benzene rings is 2. The fraction of sp³-hybridized carbons (Fsp3) is 0.333. The smallest absolute Gasteiger partial charge is 0.361 e. The molecule has 172 valence electrons. The number of carbonyl (C=O) groups excluding carboxylic acids is 1. The Bertz CT molecular complexity index is 1250. The second kappa shape index (κ2) is 8.55. The molecular weight excluding hydrogens is 431 g/mol. The molecule has 1 amide bonds. The van der Waals surface area contributed by atoms with Gasteiger partial charge in [0.05, 0.1) is 23.1 Å². The average molecular weight is 455 g/mol. The minimum absolute atomic E-state index is 0.0111. The topological polar surface area (TPSA) is 76.8 Å². The van der Waals surface area contributed by atoms with E-state index >= 15 is 0 Å². The normalized spacial score (nSPS) is 16.0.